The second kappa shape index (κ2) is 3.15. The van der Waals surface area contributed by atoms with Crippen molar-refractivity contribution in [1.82, 2.24) is 5.17 Å². The zero-order chi connectivity index (χ0) is 9.14. The SMILES string of the molecule is NN1OCN=C1C(=NO)C(=O)O. The van der Waals surface area contributed by atoms with Gasteiger partial charge in [-0.2, -0.15) is 5.17 Å². The highest BCUT2D eigenvalue weighted by atomic mass is 16.7. The maximum Gasteiger partial charge on any atom is 0.362 e. The monoisotopic (exact) mass is 174 g/mol. The van der Waals surface area contributed by atoms with Crippen LogP contribution in [0.25, 0.3) is 0 Å². The Labute approximate surface area is 66.5 Å². The number of hydrogen-bond donors (Lipinski definition) is 3. The molecule has 0 atom stereocenters. The highest BCUT2D eigenvalue weighted by Gasteiger charge is 2.26. The van der Waals surface area contributed by atoms with Crippen molar-refractivity contribution in [3.63, 3.8) is 0 Å². The molecular weight excluding hydrogens is 168 g/mol. The Morgan fingerprint density at radius 1 is 1.83 bits per heavy atom. The van der Waals surface area contributed by atoms with Crippen LogP contribution >= 0.6 is 0 Å². The van der Waals surface area contributed by atoms with Gasteiger partial charge in [0.2, 0.25) is 11.5 Å². The molecule has 0 amide bonds. The van der Waals surface area contributed by atoms with E-state index in [-0.39, 0.29) is 12.6 Å². The summed E-state index contributed by atoms with van der Waals surface area (Å²) in [6, 6.07) is 0. The molecule has 1 aliphatic heterocycles. The summed E-state index contributed by atoms with van der Waals surface area (Å²) in [5, 5.41) is 19.8. The van der Waals surface area contributed by atoms with Crippen LogP contribution < -0.4 is 5.84 Å². The summed E-state index contributed by atoms with van der Waals surface area (Å²) in [5.74, 6) is 3.47. The molecule has 12 heavy (non-hydrogen) atoms. The number of amidine groups is 1. The Bertz CT molecular complexity index is 260. The van der Waals surface area contributed by atoms with Gasteiger partial charge < -0.3 is 10.3 Å². The van der Waals surface area contributed by atoms with Crippen molar-refractivity contribution in [3.8, 4) is 0 Å². The van der Waals surface area contributed by atoms with Gasteiger partial charge in [-0.3, -0.25) is 0 Å². The van der Waals surface area contributed by atoms with Gasteiger partial charge in [0, 0.05) is 0 Å². The maximum atomic E-state index is 10.4. The van der Waals surface area contributed by atoms with Gasteiger partial charge in [-0.05, 0) is 0 Å². The van der Waals surface area contributed by atoms with Crippen molar-refractivity contribution >= 4 is 17.5 Å². The zero-order valence-electron chi connectivity index (χ0n) is 5.84. The molecule has 0 fully saturated rings. The largest absolute Gasteiger partial charge is 0.476 e. The molecule has 1 aliphatic rings. The molecule has 66 valence electrons. The molecule has 1 rings (SSSR count). The lowest BCUT2D eigenvalue weighted by molar-refractivity contribution is -0.129. The highest BCUT2D eigenvalue weighted by molar-refractivity contribution is 6.64. The summed E-state index contributed by atoms with van der Waals surface area (Å²) in [4.78, 5) is 18.4. The Morgan fingerprint density at radius 3 is 2.83 bits per heavy atom. The van der Waals surface area contributed by atoms with E-state index in [1.165, 1.54) is 0 Å². The normalized spacial score (nSPS) is 17.9. The number of carbonyl (C=O) groups is 1. The lowest BCUT2D eigenvalue weighted by atomic mass is 10.3. The first-order chi connectivity index (χ1) is 5.66. The summed E-state index contributed by atoms with van der Waals surface area (Å²) in [5.41, 5.74) is -0.657. The fourth-order valence-electron chi connectivity index (χ4n) is 0.645. The minimum absolute atomic E-state index is 0.0852. The predicted octanol–water partition coefficient (Wildman–Crippen LogP) is -1.62. The molecule has 8 nitrogen and oxygen atoms in total. The van der Waals surface area contributed by atoms with E-state index in [2.05, 4.69) is 15.0 Å². The summed E-state index contributed by atoms with van der Waals surface area (Å²) < 4.78 is 0. The van der Waals surface area contributed by atoms with Crippen LogP contribution in [-0.2, 0) is 9.63 Å². The quantitative estimate of drug-likeness (QED) is 0.200. The van der Waals surface area contributed by atoms with Crippen LogP contribution in [0.1, 0.15) is 0 Å². The van der Waals surface area contributed by atoms with Crippen molar-refractivity contribution in [2.24, 2.45) is 16.0 Å². The molecule has 8 heteroatoms. The Kier molecular flexibility index (Phi) is 2.21. The molecule has 0 saturated heterocycles. The molecule has 0 saturated carbocycles. The van der Waals surface area contributed by atoms with E-state index in [4.69, 9.17) is 16.2 Å². The van der Waals surface area contributed by atoms with Crippen LogP contribution in [0.4, 0.5) is 0 Å². The first kappa shape index (κ1) is 8.43. The Morgan fingerprint density at radius 2 is 2.50 bits per heavy atom. The van der Waals surface area contributed by atoms with Crippen LogP contribution in [0.3, 0.4) is 0 Å². The van der Waals surface area contributed by atoms with E-state index >= 15 is 0 Å². The summed E-state index contributed by atoms with van der Waals surface area (Å²) in [7, 11) is 0. The van der Waals surface area contributed by atoms with E-state index in [1.54, 1.807) is 0 Å². The van der Waals surface area contributed by atoms with E-state index in [0.717, 1.165) is 0 Å². The second-order valence-electron chi connectivity index (χ2n) is 1.82. The minimum atomic E-state index is -1.43. The zero-order valence-corrected chi connectivity index (χ0v) is 5.84. The van der Waals surface area contributed by atoms with Gasteiger partial charge in [0.25, 0.3) is 0 Å². The predicted molar refractivity (Wildman–Crippen MR) is 36.3 cm³/mol. The van der Waals surface area contributed by atoms with Crippen molar-refractivity contribution in [2.75, 3.05) is 6.73 Å². The first-order valence-corrected chi connectivity index (χ1v) is 2.84. The summed E-state index contributed by atoms with van der Waals surface area (Å²) >= 11 is 0. The fraction of sp³-hybridized carbons (Fsp3) is 0.250. The van der Waals surface area contributed by atoms with Gasteiger partial charge in [-0.1, -0.05) is 5.16 Å². The second-order valence-corrected chi connectivity index (χ2v) is 1.82. The van der Waals surface area contributed by atoms with Crippen molar-refractivity contribution in [3.05, 3.63) is 0 Å². The van der Waals surface area contributed by atoms with E-state index in [1.807, 2.05) is 0 Å². The number of oxime groups is 1. The molecule has 0 unspecified atom stereocenters. The fourth-order valence-corrected chi connectivity index (χ4v) is 0.645. The number of hydrazine groups is 1. The molecule has 0 aromatic heterocycles. The molecular formula is C4H6N4O4. The molecule has 0 aromatic rings. The van der Waals surface area contributed by atoms with Crippen LogP contribution in [0.2, 0.25) is 0 Å². The number of hydroxylamine groups is 1. The summed E-state index contributed by atoms with van der Waals surface area (Å²) in [6.45, 7) is -0.0852. The molecule has 0 radical (unpaired) electrons. The third-order valence-electron chi connectivity index (χ3n) is 1.13. The van der Waals surface area contributed by atoms with Crippen LogP contribution in [0, 0.1) is 0 Å². The lowest BCUT2D eigenvalue weighted by Gasteiger charge is -2.08. The molecule has 1 heterocycles. The highest BCUT2D eigenvalue weighted by Crippen LogP contribution is 1.99. The van der Waals surface area contributed by atoms with E-state index in [9.17, 15) is 4.79 Å². The van der Waals surface area contributed by atoms with Gasteiger partial charge in [-0.25, -0.2) is 20.5 Å². The number of carboxylic acids is 1. The number of carboxylic acid groups (broad SMARTS) is 1. The van der Waals surface area contributed by atoms with Gasteiger partial charge in [0.05, 0.1) is 0 Å². The van der Waals surface area contributed by atoms with Crippen LogP contribution in [0.15, 0.2) is 10.1 Å². The van der Waals surface area contributed by atoms with Crippen molar-refractivity contribution in [2.45, 2.75) is 0 Å². The maximum absolute atomic E-state index is 10.4. The average molecular weight is 174 g/mol. The summed E-state index contributed by atoms with van der Waals surface area (Å²) in [6.07, 6.45) is 0. The lowest BCUT2D eigenvalue weighted by Crippen LogP contribution is -2.40. The van der Waals surface area contributed by atoms with Gasteiger partial charge in [0.15, 0.2) is 6.73 Å². The molecule has 0 spiro atoms. The minimum Gasteiger partial charge on any atom is -0.476 e. The standard InChI is InChI=1S/C4H6N4O4/c5-8-3(6-1-12-8)2(7-11)4(9)10/h11H,1,5H2,(H,9,10). The molecule has 0 bridgehead atoms. The number of aliphatic imine (C=N–C) groups is 1. The number of aliphatic carboxylic acids is 1. The van der Waals surface area contributed by atoms with Crippen LogP contribution in [0.5, 0.6) is 0 Å². The third kappa shape index (κ3) is 1.33. The van der Waals surface area contributed by atoms with Gasteiger partial charge in [-0.15, -0.1) is 0 Å². The first-order valence-electron chi connectivity index (χ1n) is 2.84. The van der Waals surface area contributed by atoms with Crippen molar-refractivity contribution < 1.29 is 19.9 Å². The van der Waals surface area contributed by atoms with Crippen molar-refractivity contribution in [1.29, 1.82) is 0 Å². The van der Waals surface area contributed by atoms with Gasteiger partial charge in [0.1, 0.15) is 0 Å². The third-order valence-corrected chi connectivity index (χ3v) is 1.13. The number of hydrogen-bond acceptors (Lipinski definition) is 7. The van der Waals surface area contributed by atoms with E-state index < -0.39 is 11.7 Å². The molecule has 4 N–H and O–H groups in total. The number of nitrogens with two attached hydrogens (primary N) is 1. The Hall–Kier alpha value is -1.67. The topological polar surface area (TPSA) is 121 Å². The average Bonchev–Trinajstić information content (AvgIpc) is 2.38. The molecule has 0 aliphatic carbocycles. The van der Waals surface area contributed by atoms with Gasteiger partial charge >= 0.3 is 5.97 Å². The number of rotatable bonds is 2. The number of nitrogens with zero attached hydrogens (tertiary/aromatic N) is 3. The molecule has 0 aromatic carbocycles. The smallest absolute Gasteiger partial charge is 0.362 e. The Balaban J connectivity index is 2.87. The van der Waals surface area contributed by atoms with E-state index in [0.29, 0.717) is 5.17 Å². The van der Waals surface area contributed by atoms with Crippen LogP contribution in [-0.4, -0.2) is 39.7 Å².